The maximum Gasteiger partial charge on any atom is 0.137 e. The van der Waals surface area contributed by atoms with E-state index in [1.54, 1.807) is 12.1 Å². The number of aromatic hydroxyl groups is 1. The standard InChI is InChI=1S/C10H6BrClO/c11-9-4-2-6-1-3-7(12)5-8(6)10(9)13/h1-5,13H. The fourth-order valence-electron chi connectivity index (χ4n) is 1.25. The fourth-order valence-corrected chi connectivity index (χ4v) is 1.77. The minimum Gasteiger partial charge on any atom is -0.506 e. The van der Waals surface area contributed by atoms with Gasteiger partial charge in [0.05, 0.1) is 4.47 Å². The number of halogens is 2. The Morgan fingerprint density at radius 2 is 1.85 bits per heavy atom. The Labute approximate surface area is 89.1 Å². The number of hydrogen-bond donors (Lipinski definition) is 1. The predicted octanol–water partition coefficient (Wildman–Crippen LogP) is 3.96. The van der Waals surface area contributed by atoms with Gasteiger partial charge in [0.2, 0.25) is 0 Å². The minimum atomic E-state index is 0.236. The molecule has 1 nitrogen and oxygen atoms in total. The van der Waals surface area contributed by atoms with Crippen LogP contribution < -0.4 is 0 Å². The molecule has 0 aliphatic heterocycles. The van der Waals surface area contributed by atoms with Crippen LogP contribution in [0.5, 0.6) is 5.75 Å². The van der Waals surface area contributed by atoms with Crippen LogP contribution in [0, 0.1) is 0 Å². The van der Waals surface area contributed by atoms with Crippen molar-refractivity contribution in [2.24, 2.45) is 0 Å². The average Bonchev–Trinajstić information content (AvgIpc) is 2.12. The molecule has 2 aromatic carbocycles. The van der Waals surface area contributed by atoms with Crippen LogP contribution in [0.2, 0.25) is 5.02 Å². The van der Waals surface area contributed by atoms with Crippen molar-refractivity contribution in [1.82, 2.24) is 0 Å². The summed E-state index contributed by atoms with van der Waals surface area (Å²) in [5, 5.41) is 12.0. The van der Waals surface area contributed by atoms with Crippen LogP contribution in [0.4, 0.5) is 0 Å². The van der Waals surface area contributed by atoms with Gasteiger partial charge in [0.1, 0.15) is 5.75 Å². The lowest BCUT2D eigenvalue weighted by molar-refractivity contribution is 0.478. The third-order valence-corrected chi connectivity index (χ3v) is 2.78. The molecule has 0 heterocycles. The number of benzene rings is 2. The lowest BCUT2D eigenvalue weighted by Gasteiger charge is -2.02. The summed E-state index contributed by atoms with van der Waals surface area (Å²) < 4.78 is 0.683. The number of phenolic OH excluding ortho intramolecular Hbond substituents is 1. The molecule has 0 aliphatic rings. The second kappa shape index (κ2) is 3.20. The highest BCUT2D eigenvalue weighted by atomic mass is 79.9. The van der Waals surface area contributed by atoms with Crippen molar-refractivity contribution < 1.29 is 5.11 Å². The molecule has 13 heavy (non-hydrogen) atoms. The molecule has 0 amide bonds. The first-order valence-electron chi connectivity index (χ1n) is 3.75. The maximum atomic E-state index is 9.68. The zero-order valence-electron chi connectivity index (χ0n) is 6.59. The van der Waals surface area contributed by atoms with Crippen molar-refractivity contribution in [3.8, 4) is 5.75 Å². The fraction of sp³-hybridized carbons (Fsp3) is 0. The lowest BCUT2D eigenvalue weighted by Crippen LogP contribution is -1.75. The first-order valence-corrected chi connectivity index (χ1v) is 4.92. The van der Waals surface area contributed by atoms with E-state index < -0.39 is 0 Å². The summed E-state index contributed by atoms with van der Waals surface area (Å²) >= 11 is 9.06. The van der Waals surface area contributed by atoms with Gasteiger partial charge >= 0.3 is 0 Å². The molecule has 0 aromatic heterocycles. The minimum absolute atomic E-state index is 0.236. The molecule has 66 valence electrons. The largest absolute Gasteiger partial charge is 0.506 e. The quantitative estimate of drug-likeness (QED) is 0.757. The molecule has 1 N–H and O–H groups in total. The van der Waals surface area contributed by atoms with Gasteiger partial charge in [0, 0.05) is 10.4 Å². The second-order valence-corrected chi connectivity index (χ2v) is 4.05. The normalized spacial score (nSPS) is 10.6. The molecule has 0 fully saturated rings. The number of phenols is 1. The topological polar surface area (TPSA) is 20.2 Å². The van der Waals surface area contributed by atoms with E-state index in [1.165, 1.54) is 0 Å². The van der Waals surface area contributed by atoms with Crippen LogP contribution in [0.3, 0.4) is 0 Å². The van der Waals surface area contributed by atoms with Crippen LogP contribution in [-0.4, -0.2) is 5.11 Å². The third kappa shape index (κ3) is 1.52. The monoisotopic (exact) mass is 256 g/mol. The van der Waals surface area contributed by atoms with E-state index in [2.05, 4.69) is 15.9 Å². The van der Waals surface area contributed by atoms with Crippen molar-refractivity contribution in [2.75, 3.05) is 0 Å². The Morgan fingerprint density at radius 1 is 1.15 bits per heavy atom. The highest BCUT2D eigenvalue weighted by Crippen LogP contribution is 2.33. The Kier molecular flexibility index (Phi) is 2.18. The summed E-state index contributed by atoms with van der Waals surface area (Å²) in [5.41, 5.74) is 0. The van der Waals surface area contributed by atoms with E-state index in [1.807, 2.05) is 18.2 Å². The van der Waals surface area contributed by atoms with Crippen molar-refractivity contribution in [2.45, 2.75) is 0 Å². The molecular formula is C10H6BrClO. The van der Waals surface area contributed by atoms with Gasteiger partial charge < -0.3 is 5.11 Å². The number of rotatable bonds is 0. The van der Waals surface area contributed by atoms with Crippen molar-refractivity contribution in [3.63, 3.8) is 0 Å². The molecule has 0 spiro atoms. The first-order chi connectivity index (χ1) is 6.18. The van der Waals surface area contributed by atoms with E-state index in [0.29, 0.717) is 9.50 Å². The van der Waals surface area contributed by atoms with Crippen LogP contribution in [0.25, 0.3) is 10.8 Å². The third-order valence-electron chi connectivity index (χ3n) is 1.91. The van der Waals surface area contributed by atoms with Crippen molar-refractivity contribution >= 4 is 38.3 Å². The second-order valence-electron chi connectivity index (χ2n) is 2.76. The zero-order chi connectivity index (χ0) is 9.42. The van der Waals surface area contributed by atoms with Gasteiger partial charge in [-0.2, -0.15) is 0 Å². The molecule has 2 aromatic rings. The maximum absolute atomic E-state index is 9.68. The number of fused-ring (bicyclic) bond motifs is 1. The molecule has 0 saturated heterocycles. The van der Waals surface area contributed by atoms with Gasteiger partial charge in [-0.15, -0.1) is 0 Å². The Morgan fingerprint density at radius 3 is 2.62 bits per heavy atom. The number of hydrogen-bond acceptors (Lipinski definition) is 1. The Balaban J connectivity index is 2.89. The van der Waals surface area contributed by atoms with Crippen LogP contribution in [0.15, 0.2) is 34.8 Å². The van der Waals surface area contributed by atoms with Crippen LogP contribution in [0.1, 0.15) is 0 Å². The van der Waals surface area contributed by atoms with Gasteiger partial charge in [0.15, 0.2) is 0 Å². The molecule has 0 saturated carbocycles. The highest BCUT2D eigenvalue weighted by molar-refractivity contribution is 9.10. The lowest BCUT2D eigenvalue weighted by atomic mass is 10.1. The van der Waals surface area contributed by atoms with Crippen LogP contribution in [-0.2, 0) is 0 Å². The van der Waals surface area contributed by atoms with Gasteiger partial charge in [-0.05, 0) is 39.5 Å². The SMILES string of the molecule is Oc1c(Br)ccc2ccc(Cl)cc12. The molecule has 0 bridgehead atoms. The van der Waals surface area contributed by atoms with Gasteiger partial charge in [-0.3, -0.25) is 0 Å². The highest BCUT2D eigenvalue weighted by Gasteiger charge is 2.03. The molecular weight excluding hydrogens is 251 g/mol. The van der Waals surface area contributed by atoms with E-state index in [0.717, 1.165) is 10.8 Å². The van der Waals surface area contributed by atoms with Gasteiger partial charge in [-0.1, -0.05) is 23.7 Å². The smallest absolute Gasteiger partial charge is 0.137 e. The zero-order valence-corrected chi connectivity index (χ0v) is 8.93. The molecule has 3 heteroatoms. The summed E-state index contributed by atoms with van der Waals surface area (Å²) in [6.45, 7) is 0. The molecule has 0 radical (unpaired) electrons. The first kappa shape index (κ1) is 8.85. The summed E-state index contributed by atoms with van der Waals surface area (Å²) in [7, 11) is 0. The summed E-state index contributed by atoms with van der Waals surface area (Å²) in [4.78, 5) is 0. The van der Waals surface area contributed by atoms with E-state index in [9.17, 15) is 5.11 Å². The Hall–Kier alpha value is -0.730. The predicted molar refractivity (Wildman–Crippen MR) is 58.3 cm³/mol. The van der Waals surface area contributed by atoms with E-state index in [4.69, 9.17) is 11.6 Å². The average molecular weight is 258 g/mol. The van der Waals surface area contributed by atoms with Crippen molar-refractivity contribution in [1.29, 1.82) is 0 Å². The molecule has 0 aliphatic carbocycles. The van der Waals surface area contributed by atoms with Crippen LogP contribution >= 0.6 is 27.5 Å². The van der Waals surface area contributed by atoms with Crippen molar-refractivity contribution in [3.05, 3.63) is 39.8 Å². The van der Waals surface area contributed by atoms with Gasteiger partial charge in [-0.25, -0.2) is 0 Å². The van der Waals surface area contributed by atoms with Gasteiger partial charge in [0.25, 0.3) is 0 Å². The summed E-state index contributed by atoms with van der Waals surface area (Å²) in [5.74, 6) is 0.236. The van der Waals surface area contributed by atoms with E-state index >= 15 is 0 Å². The van der Waals surface area contributed by atoms with E-state index in [-0.39, 0.29) is 5.75 Å². The Bertz CT molecular complexity index is 462. The summed E-state index contributed by atoms with van der Waals surface area (Å²) in [6.07, 6.45) is 0. The molecule has 0 unspecified atom stereocenters. The molecule has 0 atom stereocenters. The molecule has 2 rings (SSSR count). The summed E-state index contributed by atoms with van der Waals surface area (Å²) in [6, 6.07) is 9.17.